The second-order valence-corrected chi connectivity index (χ2v) is 4.06. The van der Waals surface area contributed by atoms with Crippen molar-refractivity contribution in [3.05, 3.63) is 0 Å². The number of ether oxygens (including phenoxy) is 1. The van der Waals surface area contributed by atoms with Crippen molar-refractivity contribution in [3.8, 4) is 0 Å². The van der Waals surface area contributed by atoms with Gasteiger partial charge in [-0.15, -0.1) is 11.6 Å². The zero-order valence-electron chi connectivity index (χ0n) is 8.59. The van der Waals surface area contributed by atoms with Gasteiger partial charge >= 0.3 is 0 Å². The van der Waals surface area contributed by atoms with Crippen LogP contribution in [-0.4, -0.2) is 30.5 Å². The molecule has 82 valence electrons. The van der Waals surface area contributed by atoms with E-state index >= 15 is 0 Å². The molecule has 0 aliphatic carbocycles. The van der Waals surface area contributed by atoms with Crippen LogP contribution in [-0.2, 0) is 9.53 Å². The van der Waals surface area contributed by atoms with Gasteiger partial charge in [0, 0.05) is 18.9 Å². The van der Waals surface area contributed by atoms with Crippen molar-refractivity contribution in [2.75, 3.05) is 12.5 Å². The lowest BCUT2D eigenvalue weighted by Crippen LogP contribution is -2.39. The van der Waals surface area contributed by atoms with Crippen LogP contribution < -0.4 is 5.32 Å². The maximum atomic E-state index is 11.4. The van der Waals surface area contributed by atoms with Crippen LogP contribution in [0.1, 0.15) is 32.6 Å². The first-order valence-corrected chi connectivity index (χ1v) is 5.74. The normalized spacial score (nSPS) is 26.4. The van der Waals surface area contributed by atoms with Crippen molar-refractivity contribution in [1.82, 2.24) is 5.32 Å². The molecule has 1 saturated heterocycles. The molecule has 1 amide bonds. The van der Waals surface area contributed by atoms with Gasteiger partial charge < -0.3 is 10.1 Å². The average molecular weight is 220 g/mol. The molecule has 0 radical (unpaired) electrons. The van der Waals surface area contributed by atoms with E-state index in [-0.39, 0.29) is 18.1 Å². The van der Waals surface area contributed by atoms with Gasteiger partial charge in [0.05, 0.1) is 12.1 Å². The first kappa shape index (κ1) is 11.8. The molecule has 2 atom stereocenters. The Morgan fingerprint density at radius 3 is 2.93 bits per heavy atom. The molecule has 0 aromatic rings. The summed E-state index contributed by atoms with van der Waals surface area (Å²) < 4.78 is 5.36. The summed E-state index contributed by atoms with van der Waals surface area (Å²) in [6, 6.07) is 0.207. The van der Waals surface area contributed by atoms with Crippen molar-refractivity contribution in [2.24, 2.45) is 0 Å². The van der Waals surface area contributed by atoms with Crippen LogP contribution >= 0.6 is 11.6 Å². The van der Waals surface area contributed by atoms with Gasteiger partial charge in [-0.3, -0.25) is 4.79 Å². The van der Waals surface area contributed by atoms with Gasteiger partial charge in [-0.2, -0.15) is 0 Å². The molecular formula is C10H18ClNO2. The lowest BCUT2D eigenvalue weighted by Gasteiger charge is -2.15. The van der Waals surface area contributed by atoms with E-state index in [0.717, 1.165) is 25.9 Å². The maximum absolute atomic E-state index is 11.4. The highest BCUT2D eigenvalue weighted by atomic mass is 35.5. The third-order valence-corrected chi connectivity index (χ3v) is 2.78. The molecule has 1 rings (SSSR count). The SMILES string of the molecule is CC1OCCC1NC(=O)CCCCCl. The second-order valence-electron chi connectivity index (χ2n) is 3.68. The molecule has 1 heterocycles. The maximum Gasteiger partial charge on any atom is 0.220 e. The molecule has 0 bridgehead atoms. The molecular weight excluding hydrogens is 202 g/mol. The van der Waals surface area contributed by atoms with Crippen LogP contribution in [0.4, 0.5) is 0 Å². The van der Waals surface area contributed by atoms with Crippen LogP contribution in [0.5, 0.6) is 0 Å². The molecule has 0 aromatic heterocycles. The molecule has 0 saturated carbocycles. The zero-order chi connectivity index (χ0) is 10.4. The van der Waals surface area contributed by atoms with Crippen LogP contribution in [0.3, 0.4) is 0 Å². The van der Waals surface area contributed by atoms with Crippen molar-refractivity contribution >= 4 is 17.5 Å². The highest BCUT2D eigenvalue weighted by Gasteiger charge is 2.25. The molecule has 1 aliphatic heterocycles. The van der Waals surface area contributed by atoms with E-state index in [0.29, 0.717) is 12.3 Å². The fourth-order valence-electron chi connectivity index (χ4n) is 1.58. The number of alkyl halides is 1. The van der Waals surface area contributed by atoms with Crippen LogP contribution in [0.25, 0.3) is 0 Å². The van der Waals surface area contributed by atoms with Gasteiger partial charge in [-0.25, -0.2) is 0 Å². The number of hydrogen-bond donors (Lipinski definition) is 1. The Bertz CT molecular complexity index is 187. The number of carbonyl (C=O) groups is 1. The van der Waals surface area contributed by atoms with Gasteiger partial charge in [-0.1, -0.05) is 0 Å². The fourth-order valence-corrected chi connectivity index (χ4v) is 1.77. The van der Waals surface area contributed by atoms with Gasteiger partial charge in [0.25, 0.3) is 0 Å². The smallest absolute Gasteiger partial charge is 0.220 e. The summed E-state index contributed by atoms with van der Waals surface area (Å²) in [4.78, 5) is 11.4. The fraction of sp³-hybridized carbons (Fsp3) is 0.900. The van der Waals surface area contributed by atoms with Crippen molar-refractivity contribution < 1.29 is 9.53 Å². The second kappa shape index (κ2) is 6.25. The van der Waals surface area contributed by atoms with Crippen molar-refractivity contribution in [3.63, 3.8) is 0 Å². The molecule has 1 N–H and O–H groups in total. The van der Waals surface area contributed by atoms with E-state index in [1.54, 1.807) is 0 Å². The van der Waals surface area contributed by atoms with Crippen molar-refractivity contribution in [2.45, 2.75) is 44.8 Å². The summed E-state index contributed by atoms with van der Waals surface area (Å²) in [6.45, 7) is 2.75. The predicted octanol–water partition coefficient (Wildman–Crippen LogP) is 1.69. The Morgan fingerprint density at radius 2 is 2.36 bits per heavy atom. The standard InChI is InChI=1S/C10H18ClNO2/c1-8-9(5-7-14-8)12-10(13)4-2-3-6-11/h8-9H,2-7H2,1H3,(H,12,13). The minimum absolute atomic E-state index is 0.123. The van der Waals surface area contributed by atoms with Gasteiger partial charge in [0.1, 0.15) is 0 Å². The van der Waals surface area contributed by atoms with Gasteiger partial charge in [0.2, 0.25) is 5.91 Å². The Morgan fingerprint density at radius 1 is 1.57 bits per heavy atom. The summed E-state index contributed by atoms with van der Waals surface area (Å²) in [5, 5.41) is 2.98. The summed E-state index contributed by atoms with van der Waals surface area (Å²) in [6.07, 6.45) is 3.45. The van der Waals surface area contributed by atoms with E-state index in [2.05, 4.69) is 5.32 Å². The summed E-state index contributed by atoms with van der Waals surface area (Å²) in [5.41, 5.74) is 0. The molecule has 4 heteroatoms. The Balaban J connectivity index is 2.13. The first-order chi connectivity index (χ1) is 6.74. The van der Waals surface area contributed by atoms with Crippen LogP contribution in [0.15, 0.2) is 0 Å². The van der Waals surface area contributed by atoms with E-state index in [9.17, 15) is 4.79 Å². The third kappa shape index (κ3) is 3.84. The quantitative estimate of drug-likeness (QED) is 0.565. The number of rotatable bonds is 5. The van der Waals surface area contributed by atoms with E-state index in [1.165, 1.54) is 0 Å². The molecule has 3 nitrogen and oxygen atoms in total. The molecule has 1 fully saturated rings. The largest absolute Gasteiger partial charge is 0.376 e. The first-order valence-electron chi connectivity index (χ1n) is 5.21. The molecule has 14 heavy (non-hydrogen) atoms. The van der Waals surface area contributed by atoms with Crippen LogP contribution in [0, 0.1) is 0 Å². The average Bonchev–Trinajstić information content (AvgIpc) is 2.52. The third-order valence-electron chi connectivity index (χ3n) is 2.51. The molecule has 0 spiro atoms. The van der Waals surface area contributed by atoms with Crippen molar-refractivity contribution in [1.29, 1.82) is 0 Å². The number of halogens is 1. The summed E-state index contributed by atoms with van der Waals surface area (Å²) in [7, 11) is 0. The predicted molar refractivity (Wildman–Crippen MR) is 56.5 cm³/mol. The number of carbonyl (C=O) groups excluding carboxylic acids is 1. The zero-order valence-corrected chi connectivity index (χ0v) is 9.35. The highest BCUT2D eigenvalue weighted by molar-refractivity contribution is 6.17. The minimum atomic E-state index is 0.123. The minimum Gasteiger partial charge on any atom is -0.376 e. The monoisotopic (exact) mass is 219 g/mol. The topological polar surface area (TPSA) is 38.3 Å². The summed E-state index contributed by atoms with van der Waals surface area (Å²) >= 11 is 5.53. The van der Waals surface area contributed by atoms with Gasteiger partial charge in [0.15, 0.2) is 0 Å². The van der Waals surface area contributed by atoms with Gasteiger partial charge in [-0.05, 0) is 26.2 Å². The number of unbranched alkanes of at least 4 members (excludes halogenated alkanes) is 1. The Labute approximate surface area is 90.1 Å². The Kier molecular flexibility index (Phi) is 5.26. The molecule has 1 aliphatic rings. The van der Waals surface area contributed by atoms with E-state index in [4.69, 9.17) is 16.3 Å². The van der Waals surface area contributed by atoms with E-state index in [1.807, 2.05) is 6.92 Å². The summed E-state index contributed by atoms with van der Waals surface area (Å²) in [5.74, 6) is 0.758. The molecule has 0 aromatic carbocycles. The van der Waals surface area contributed by atoms with Crippen LogP contribution in [0.2, 0.25) is 0 Å². The lowest BCUT2D eigenvalue weighted by molar-refractivity contribution is -0.122. The number of hydrogen-bond acceptors (Lipinski definition) is 2. The molecule has 2 unspecified atom stereocenters. The number of amides is 1. The number of nitrogens with one attached hydrogen (secondary N) is 1. The van der Waals surface area contributed by atoms with E-state index < -0.39 is 0 Å². The Hall–Kier alpha value is -0.280. The lowest BCUT2D eigenvalue weighted by atomic mass is 10.1. The highest BCUT2D eigenvalue weighted by Crippen LogP contribution is 2.12.